The number of rotatable bonds is 11. The summed E-state index contributed by atoms with van der Waals surface area (Å²) in [6.07, 6.45) is 5.48. The van der Waals surface area contributed by atoms with Gasteiger partial charge in [-0.3, -0.25) is 9.80 Å². The monoisotopic (exact) mass is 524 g/mol. The summed E-state index contributed by atoms with van der Waals surface area (Å²) in [5.41, 5.74) is 6.82. The molecule has 1 aliphatic heterocycles. The van der Waals surface area contributed by atoms with E-state index in [0.29, 0.717) is 0 Å². The fourth-order valence-corrected chi connectivity index (χ4v) is 5.16. The van der Waals surface area contributed by atoms with Gasteiger partial charge in [-0.15, -0.1) is 12.4 Å². The number of fused-ring (bicyclic) bond motifs is 1. The molecule has 1 fully saturated rings. The van der Waals surface area contributed by atoms with Gasteiger partial charge in [0.2, 0.25) is 0 Å². The molecule has 0 saturated carbocycles. The smallest absolute Gasteiger partial charge is 0.160 e. The van der Waals surface area contributed by atoms with Gasteiger partial charge >= 0.3 is 0 Å². The molecule has 3 aromatic rings. The first-order valence-corrected chi connectivity index (χ1v) is 13.8. The number of halogens is 1. The van der Waals surface area contributed by atoms with Crippen LogP contribution in [0, 0.1) is 13.8 Å². The van der Waals surface area contributed by atoms with E-state index in [0.717, 1.165) is 68.4 Å². The summed E-state index contributed by atoms with van der Waals surface area (Å²) < 4.78 is 2.28. The molecule has 0 aliphatic carbocycles. The Bertz CT molecular complexity index is 1140. The number of likely N-dealkylation sites (N-methyl/N-ethyl adjacent to an activating group) is 1. The Morgan fingerprint density at radius 1 is 0.919 bits per heavy atom. The number of hydrogen-bond donors (Lipinski definition) is 0. The Balaban J connectivity index is 0.00000380. The molecule has 1 saturated heterocycles. The van der Waals surface area contributed by atoms with Crippen molar-refractivity contribution in [2.45, 2.75) is 47.6 Å². The van der Waals surface area contributed by atoms with Crippen LogP contribution in [-0.2, 0) is 13.0 Å². The molecule has 0 N–H and O–H groups in total. The van der Waals surface area contributed by atoms with Gasteiger partial charge in [-0.05, 0) is 49.7 Å². The molecule has 37 heavy (non-hydrogen) atoms. The molecular weight excluding hydrogens is 480 g/mol. The molecule has 6 nitrogen and oxygen atoms in total. The van der Waals surface area contributed by atoms with E-state index in [4.69, 9.17) is 9.97 Å². The van der Waals surface area contributed by atoms with E-state index in [2.05, 4.69) is 96.4 Å². The Kier molecular flexibility index (Phi) is 11.1. The van der Waals surface area contributed by atoms with E-state index in [1.54, 1.807) is 0 Å². The van der Waals surface area contributed by atoms with Crippen LogP contribution in [0.2, 0.25) is 0 Å². The summed E-state index contributed by atoms with van der Waals surface area (Å²) in [5.74, 6) is 1.10. The molecule has 4 rings (SSSR count). The van der Waals surface area contributed by atoms with Crippen LogP contribution in [-0.4, -0.2) is 88.1 Å². The maximum atomic E-state index is 4.88. The summed E-state index contributed by atoms with van der Waals surface area (Å²) >= 11 is 0. The SMILES string of the molecule is CCc1nc2c(C)cc(C)nc2n1Cc1ccc(C=CCN2CCN(CCN(CC)CC)CC2)cc1.Cl. The second-order valence-electron chi connectivity index (χ2n) is 10.0. The van der Waals surface area contributed by atoms with Gasteiger partial charge in [0.1, 0.15) is 11.3 Å². The van der Waals surface area contributed by atoms with Crippen LogP contribution in [0.15, 0.2) is 36.4 Å². The molecule has 0 amide bonds. The molecule has 0 atom stereocenters. The van der Waals surface area contributed by atoms with Crippen molar-refractivity contribution in [2.75, 3.05) is 58.9 Å². The lowest BCUT2D eigenvalue weighted by atomic mass is 10.1. The van der Waals surface area contributed by atoms with E-state index in [1.807, 2.05) is 0 Å². The summed E-state index contributed by atoms with van der Waals surface area (Å²) in [6.45, 7) is 22.1. The van der Waals surface area contributed by atoms with Crippen molar-refractivity contribution in [3.05, 3.63) is 64.6 Å². The van der Waals surface area contributed by atoms with Gasteiger partial charge in [-0.1, -0.05) is 57.2 Å². The first-order chi connectivity index (χ1) is 17.5. The van der Waals surface area contributed by atoms with E-state index < -0.39 is 0 Å². The third kappa shape index (κ3) is 7.64. The number of pyridine rings is 1. The molecule has 0 unspecified atom stereocenters. The maximum Gasteiger partial charge on any atom is 0.160 e. The van der Waals surface area contributed by atoms with Gasteiger partial charge in [-0.2, -0.15) is 0 Å². The number of benzene rings is 1. The minimum atomic E-state index is 0. The molecule has 1 aliphatic rings. The van der Waals surface area contributed by atoms with Gasteiger partial charge < -0.3 is 9.47 Å². The fourth-order valence-electron chi connectivity index (χ4n) is 5.16. The molecule has 0 bridgehead atoms. The number of aromatic nitrogens is 3. The Labute approximate surface area is 229 Å². The van der Waals surface area contributed by atoms with E-state index in [-0.39, 0.29) is 12.4 Å². The molecule has 1 aromatic carbocycles. The fraction of sp³-hybridized carbons (Fsp3) is 0.533. The lowest BCUT2D eigenvalue weighted by Gasteiger charge is -2.35. The largest absolute Gasteiger partial charge is 0.308 e. The third-order valence-corrected chi connectivity index (χ3v) is 7.50. The Morgan fingerprint density at radius 2 is 1.59 bits per heavy atom. The first-order valence-electron chi connectivity index (χ1n) is 13.8. The molecule has 0 spiro atoms. The van der Waals surface area contributed by atoms with Crippen molar-refractivity contribution in [2.24, 2.45) is 0 Å². The summed E-state index contributed by atoms with van der Waals surface area (Å²) in [4.78, 5) is 17.4. The van der Waals surface area contributed by atoms with Gasteiger partial charge in [-0.25, -0.2) is 9.97 Å². The lowest BCUT2D eigenvalue weighted by Crippen LogP contribution is -2.48. The minimum Gasteiger partial charge on any atom is -0.308 e. The second-order valence-corrected chi connectivity index (χ2v) is 10.0. The molecule has 3 heterocycles. The van der Waals surface area contributed by atoms with E-state index in [9.17, 15) is 0 Å². The number of hydrogen-bond acceptors (Lipinski definition) is 5. The highest BCUT2D eigenvalue weighted by atomic mass is 35.5. The van der Waals surface area contributed by atoms with Crippen LogP contribution >= 0.6 is 12.4 Å². The standard InChI is InChI=1S/C30H44N6.ClH/c1-6-28-32-29-24(4)22-25(5)31-30(29)36(28)23-27-13-11-26(12-14-27)10-9-15-34-18-20-35(21-19-34)17-16-33(7-2)8-3;/h9-14,22H,6-8,15-21,23H2,1-5H3;1H. The third-order valence-electron chi connectivity index (χ3n) is 7.50. The number of aryl methyl sites for hydroxylation is 3. The lowest BCUT2D eigenvalue weighted by molar-refractivity contribution is 0.128. The van der Waals surface area contributed by atoms with Crippen molar-refractivity contribution >= 4 is 29.6 Å². The van der Waals surface area contributed by atoms with Gasteiger partial charge in [0.05, 0.1) is 6.54 Å². The van der Waals surface area contributed by atoms with Crippen molar-refractivity contribution in [3.63, 3.8) is 0 Å². The quantitative estimate of drug-likeness (QED) is 0.351. The van der Waals surface area contributed by atoms with Crippen LogP contribution < -0.4 is 0 Å². The second kappa shape index (κ2) is 14.1. The van der Waals surface area contributed by atoms with Crippen LogP contribution in [0.5, 0.6) is 0 Å². The van der Waals surface area contributed by atoms with Crippen LogP contribution in [0.3, 0.4) is 0 Å². The predicted molar refractivity (Wildman–Crippen MR) is 159 cm³/mol. The predicted octanol–water partition coefficient (Wildman–Crippen LogP) is 5.05. The summed E-state index contributed by atoms with van der Waals surface area (Å²) in [6, 6.07) is 11.1. The van der Waals surface area contributed by atoms with Crippen molar-refractivity contribution in [3.8, 4) is 0 Å². The van der Waals surface area contributed by atoms with Gasteiger partial charge in [0.15, 0.2) is 5.65 Å². The zero-order chi connectivity index (χ0) is 25.5. The van der Waals surface area contributed by atoms with Gasteiger partial charge in [0, 0.05) is 57.9 Å². The van der Waals surface area contributed by atoms with E-state index >= 15 is 0 Å². The van der Waals surface area contributed by atoms with Crippen molar-refractivity contribution in [1.82, 2.24) is 29.2 Å². The van der Waals surface area contributed by atoms with Crippen LogP contribution in [0.4, 0.5) is 0 Å². The highest BCUT2D eigenvalue weighted by Gasteiger charge is 2.16. The molecule has 7 heteroatoms. The zero-order valence-electron chi connectivity index (χ0n) is 23.4. The van der Waals surface area contributed by atoms with Crippen LogP contribution in [0.1, 0.15) is 49.0 Å². The Hall–Kier alpha value is -2.25. The number of piperazine rings is 1. The number of nitrogens with zero attached hydrogens (tertiary/aromatic N) is 6. The van der Waals surface area contributed by atoms with Crippen LogP contribution in [0.25, 0.3) is 17.2 Å². The number of imidazole rings is 1. The normalized spacial score (nSPS) is 15.2. The zero-order valence-corrected chi connectivity index (χ0v) is 24.2. The molecule has 2 aromatic heterocycles. The average Bonchev–Trinajstić information content (AvgIpc) is 3.24. The van der Waals surface area contributed by atoms with Crippen molar-refractivity contribution in [1.29, 1.82) is 0 Å². The van der Waals surface area contributed by atoms with E-state index in [1.165, 1.54) is 42.9 Å². The molecular formula is C30H45ClN6. The first kappa shape index (κ1) is 29.3. The highest BCUT2D eigenvalue weighted by molar-refractivity contribution is 5.85. The van der Waals surface area contributed by atoms with Gasteiger partial charge in [0.25, 0.3) is 0 Å². The molecule has 202 valence electrons. The average molecular weight is 525 g/mol. The minimum absolute atomic E-state index is 0. The summed E-state index contributed by atoms with van der Waals surface area (Å²) in [7, 11) is 0. The molecule has 0 radical (unpaired) electrons. The Morgan fingerprint density at radius 3 is 2.24 bits per heavy atom. The topological polar surface area (TPSA) is 40.4 Å². The highest BCUT2D eigenvalue weighted by Crippen LogP contribution is 2.21. The van der Waals surface area contributed by atoms with Crippen molar-refractivity contribution < 1.29 is 0 Å². The summed E-state index contributed by atoms with van der Waals surface area (Å²) in [5, 5.41) is 0. The maximum absolute atomic E-state index is 4.88.